The molecule has 0 amide bonds. The molecule has 0 fully saturated rings. The first-order valence-corrected chi connectivity index (χ1v) is 8.57. The number of hydrogen-bond donors (Lipinski definition) is 0. The van der Waals surface area contributed by atoms with Gasteiger partial charge in [-0.2, -0.15) is 0 Å². The van der Waals surface area contributed by atoms with Crippen molar-refractivity contribution < 1.29 is 13.6 Å². The molecule has 0 aliphatic heterocycles. The summed E-state index contributed by atoms with van der Waals surface area (Å²) >= 11 is 5.61. The molecule has 0 aromatic rings. The zero-order chi connectivity index (χ0) is 14.9. The summed E-state index contributed by atoms with van der Waals surface area (Å²) < 4.78 is 23.6. The summed E-state index contributed by atoms with van der Waals surface area (Å²) in [5, 5.41) is 3.60. The monoisotopic (exact) mass is 311 g/mol. The van der Waals surface area contributed by atoms with Crippen molar-refractivity contribution in [3.63, 3.8) is 0 Å². The van der Waals surface area contributed by atoms with Crippen molar-refractivity contribution in [2.45, 2.75) is 64.9 Å². The van der Waals surface area contributed by atoms with Crippen molar-refractivity contribution in [1.29, 1.82) is 0 Å². The quantitative estimate of drug-likeness (QED) is 0.141. The van der Waals surface area contributed by atoms with Crippen LogP contribution in [-0.2, 0) is 13.6 Å². The fraction of sp³-hybridized carbons (Fsp3) is 1.00. The van der Waals surface area contributed by atoms with Crippen LogP contribution >= 0.6 is 19.2 Å². The average molecular weight is 312 g/mol. The van der Waals surface area contributed by atoms with Gasteiger partial charge < -0.3 is 9.05 Å². The zero-order valence-corrected chi connectivity index (χ0v) is 13.6. The van der Waals surface area contributed by atoms with Crippen molar-refractivity contribution in [2.75, 3.05) is 5.88 Å². The van der Waals surface area contributed by atoms with Gasteiger partial charge in [-0.25, -0.2) is 0 Å². The summed E-state index contributed by atoms with van der Waals surface area (Å²) in [5.41, 5.74) is 8.62. The van der Waals surface area contributed by atoms with Gasteiger partial charge in [-0.05, 0) is 46.1 Å². The summed E-state index contributed by atoms with van der Waals surface area (Å²) in [5.74, 6) is -0.283. The number of rotatable bonds is 10. The Labute approximate surface area is 120 Å². The van der Waals surface area contributed by atoms with E-state index in [1.807, 2.05) is 0 Å². The minimum atomic E-state index is -3.46. The van der Waals surface area contributed by atoms with Gasteiger partial charge in [0.2, 0.25) is 0 Å². The molecule has 19 heavy (non-hydrogen) atoms. The van der Waals surface area contributed by atoms with Crippen molar-refractivity contribution in [3.8, 4) is 0 Å². The molecule has 8 heteroatoms. The van der Waals surface area contributed by atoms with Crippen LogP contribution in [-0.4, -0.2) is 23.9 Å². The van der Waals surface area contributed by atoms with E-state index in [0.29, 0.717) is 18.7 Å². The Balaban J connectivity index is 5.00. The lowest BCUT2D eigenvalue weighted by Crippen LogP contribution is -2.16. The van der Waals surface area contributed by atoms with Gasteiger partial charge in [0.1, 0.15) is 5.78 Å². The van der Waals surface area contributed by atoms with Crippen LogP contribution in [0.3, 0.4) is 0 Å². The van der Waals surface area contributed by atoms with E-state index in [1.165, 1.54) is 0 Å². The average Bonchev–Trinajstić information content (AvgIpc) is 2.25. The largest absolute Gasteiger partial charge is 0.340 e. The van der Waals surface area contributed by atoms with Crippen LogP contribution in [0.15, 0.2) is 5.11 Å². The molecule has 0 aromatic heterocycles. The van der Waals surface area contributed by atoms with E-state index < -0.39 is 13.4 Å². The Morgan fingerprint density at radius 2 is 1.74 bits per heavy atom. The molecule has 1 atom stereocenters. The van der Waals surface area contributed by atoms with E-state index in [-0.39, 0.29) is 12.2 Å². The third kappa shape index (κ3) is 7.81. The molecule has 0 aliphatic carbocycles. The van der Waals surface area contributed by atoms with Crippen LogP contribution in [0.5, 0.6) is 0 Å². The predicted molar refractivity (Wildman–Crippen MR) is 77.6 cm³/mol. The van der Waals surface area contributed by atoms with Crippen molar-refractivity contribution in [3.05, 3.63) is 10.4 Å². The van der Waals surface area contributed by atoms with Gasteiger partial charge >= 0.3 is 7.60 Å². The molecule has 0 rings (SSSR count). The molecule has 0 unspecified atom stereocenters. The summed E-state index contributed by atoms with van der Waals surface area (Å²) in [6, 6.07) is 0. The van der Waals surface area contributed by atoms with Crippen LogP contribution in [0.4, 0.5) is 0 Å². The highest BCUT2D eigenvalue weighted by Gasteiger charge is 2.37. The van der Waals surface area contributed by atoms with Crippen molar-refractivity contribution in [1.82, 2.24) is 0 Å². The summed E-state index contributed by atoms with van der Waals surface area (Å²) in [6.45, 7) is 7.06. The molecule has 0 aliphatic rings. The van der Waals surface area contributed by atoms with E-state index in [0.717, 1.165) is 6.42 Å². The predicted octanol–water partition coefficient (Wildman–Crippen LogP) is 5.08. The standard InChI is InChI=1S/C11H23ClN3O3P/c1-9(2)17-19(16,18-10(3)4)11(14-15-13)7-5-6-8-12/h9-11H,5-8H2,1-4H3/t11-/m1/s1. The Morgan fingerprint density at radius 1 is 1.21 bits per heavy atom. The van der Waals surface area contributed by atoms with Gasteiger partial charge in [-0.3, -0.25) is 4.57 Å². The first-order valence-electron chi connectivity index (χ1n) is 6.42. The van der Waals surface area contributed by atoms with Gasteiger partial charge in [-0.1, -0.05) is 11.5 Å². The number of unbranched alkanes of at least 4 members (excludes halogenated alkanes) is 1. The Hall–Kier alpha value is -0.250. The number of alkyl halides is 1. The highest BCUT2D eigenvalue weighted by atomic mass is 35.5. The van der Waals surface area contributed by atoms with Crippen molar-refractivity contribution >= 4 is 19.2 Å². The van der Waals surface area contributed by atoms with Gasteiger partial charge in [-0.15, -0.1) is 11.6 Å². The van der Waals surface area contributed by atoms with Gasteiger partial charge in [0.25, 0.3) is 0 Å². The molecule has 0 saturated heterocycles. The first kappa shape index (κ1) is 18.8. The number of azide groups is 1. The van der Waals surface area contributed by atoms with Crippen molar-refractivity contribution in [2.24, 2.45) is 5.11 Å². The Bertz CT molecular complexity index is 332. The van der Waals surface area contributed by atoms with E-state index >= 15 is 0 Å². The number of nitrogens with zero attached hydrogens (tertiary/aromatic N) is 3. The second kappa shape index (κ2) is 9.62. The molecule has 0 radical (unpaired) electrons. The molecular weight excluding hydrogens is 289 g/mol. The normalized spacial score (nSPS) is 13.6. The highest BCUT2D eigenvalue weighted by molar-refractivity contribution is 7.54. The second-order valence-electron chi connectivity index (χ2n) is 4.72. The molecule has 6 nitrogen and oxygen atoms in total. The topological polar surface area (TPSA) is 84.3 Å². The maximum atomic E-state index is 12.8. The maximum absolute atomic E-state index is 12.8. The minimum Gasteiger partial charge on any atom is -0.306 e. The lowest BCUT2D eigenvalue weighted by Gasteiger charge is -2.27. The molecule has 0 N–H and O–H groups in total. The van der Waals surface area contributed by atoms with Gasteiger partial charge in [0, 0.05) is 10.8 Å². The van der Waals surface area contributed by atoms with Crippen LogP contribution in [0.2, 0.25) is 0 Å². The third-order valence-electron chi connectivity index (χ3n) is 2.11. The third-order valence-corrected chi connectivity index (χ3v) is 4.90. The van der Waals surface area contributed by atoms with Crippen LogP contribution in [0, 0.1) is 0 Å². The first-order chi connectivity index (χ1) is 8.85. The number of halogens is 1. The molecule has 0 bridgehead atoms. The van der Waals surface area contributed by atoms with E-state index in [4.69, 9.17) is 26.2 Å². The lowest BCUT2D eigenvalue weighted by molar-refractivity contribution is 0.136. The van der Waals surface area contributed by atoms with Gasteiger partial charge in [0.15, 0.2) is 0 Å². The molecule has 0 heterocycles. The van der Waals surface area contributed by atoms with E-state index in [9.17, 15) is 4.57 Å². The summed E-state index contributed by atoms with van der Waals surface area (Å²) in [4.78, 5) is 2.76. The maximum Gasteiger partial charge on any atom is 0.340 e. The van der Waals surface area contributed by atoms with E-state index in [2.05, 4.69) is 10.0 Å². The Kier molecular flexibility index (Phi) is 9.50. The fourth-order valence-corrected chi connectivity index (χ4v) is 3.88. The molecule has 0 saturated carbocycles. The highest BCUT2D eigenvalue weighted by Crippen LogP contribution is 2.57. The molecule has 112 valence electrons. The number of hydrogen-bond acceptors (Lipinski definition) is 4. The second-order valence-corrected chi connectivity index (χ2v) is 7.19. The van der Waals surface area contributed by atoms with Crippen LogP contribution < -0.4 is 0 Å². The molecule has 0 aromatic carbocycles. The molecular formula is C11H23ClN3O3P. The molecule has 0 spiro atoms. The van der Waals surface area contributed by atoms with E-state index in [1.54, 1.807) is 27.7 Å². The van der Waals surface area contributed by atoms with Gasteiger partial charge in [0.05, 0.1) is 12.2 Å². The zero-order valence-electron chi connectivity index (χ0n) is 12.0. The summed E-state index contributed by atoms with van der Waals surface area (Å²) in [7, 11) is -3.46. The smallest absolute Gasteiger partial charge is 0.306 e. The minimum absolute atomic E-state index is 0.269. The van der Waals surface area contributed by atoms with Crippen LogP contribution in [0.1, 0.15) is 47.0 Å². The lowest BCUT2D eigenvalue weighted by atomic mass is 10.2. The summed E-state index contributed by atoms with van der Waals surface area (Å²) in [6.07, 6.45) is 1.37. The fourth-order valence-electron chi connectivity index (χ4n) is 1.51. The van der Waals surface area contributed by atoms with Crippen LogP contribution in [0.25, 0.3) is 10.4 Å². The Morgan fingerprint density at radius 3 is 2.11 bits per heavy atom. The SMILES string of the molecule is CC(C)OP(=O)(OC(C)C)[C@H](CCCCCl)N=[N+]=[N-].